The largest absolute Gasteiger partial charge is 0.493 e. The molecule has 3 aliphatic rings. The third kappa shape index (κ3) is 4.13. The first-order chi connectivity index (χ1) is 13.7. The summed E-state index contributed by atoms with van der Waals surface area (Å²) in [6.45, 7) is 3.71. The van der Waals surface area contributed by atoms with Gasteiger partial charge in [-0.05, 0) is 31.7 Å². The highest BCUT2D eigenvalue weighted by Gasteiger charge is 2.41. The Hall–Kier alpha value is -1.79. The summed E-state index contributed by atoms with van der Waals surface area (Å²) in [5.74, 6) is 1.51. The van der Waals surface area contributed by atoms with Gasteiger partial charge in [0.2, 0.25) is 0 Å². The molecule has 1 unspecified atom stereocenters. The highest BCUT2D eigenvalue weighted by molar-refractivity contribution is 5.78. The summed E-state index contributed by atoms with van der Waals surface area (Å²) in [6.07, 6.45) is 8.59. The van der Waals surface area contributed by atoms with Crippen molar-refractivity contribution in [3.05, 3.63) is 29.8 Å². The standard InChI is InChI=1S/C22H34N4O2/c1-27-17-8-13-26(14-9-17)22(11-4-5-12-22)16-24-21(23)25-19-10-15-28-20-7-3-2-6-18(19)20/h2-3,6-7,17,19H,4-5,8-16H2,1H3,(H3,23,24,25). The van der Waals surface area contributed by atoms with Crippen molar-refractivity contribution < 1.29 is 9.47 Å². The van der Waals surface area contributed by atoms with Gasteiger partial charge in [0.15, 0.2) is 5.96 Å². The van der Waals surface area contributed by atoms with Crippen LogP contribution in [0.1, 0.15) is 56.6 Å². The zero-order valence-corrected chi connectivity index (χ0v) is 17.0. The molecule has 1 saturated carbocycles. The number of ether oxygens (including phenoxy) is 2. The molecule has 6 nitrogen and oxygen atoms in total. The Labute approximate surface area is 168 Å². The summed E-state index contributed by atoms with van der Waals surface area (Å²) in [4.78, 5) is 7.49. The van der Waals surface area contributed by atoms with Gasteiger partial charge in [0, 0.05) is 37.7 Å². The predicted molar refractivity (Wildman–Crippen MR) is 112 cm³/mol. The maximum Gasteiger partial charge on any atom is 0.189 e. The Balaban J connectivity index is 1.40. The summed E-state index contributed by atoms with van der Waals surface area (Å²) >= 11 is 0. The number of methoxy groups -OCH3 is 1. The minimum atomic E-state index is 0.172. The van der Waals surface area contributed by atoms with Crippen LogP contribution in [-0.4, -0.2) is 55.9 Å². The Morgan fingerprint density at radius 3 is 2.75 bits per heavy atom. The van der Waals surface area contributed by atoms with Gasteiger partial charge in [0.05, 0.1) is 25.3 Å². The third-order valence-electron chi connectivity index (χ3n) is 6.80. The molecule has 0 bridgehead atoms. The van der Waals surface area contributed by atoms with Crippen molar-refractivity contribution in [2.75, 3.05) is 33.4 Å². The lowest BCUT2D eigenvalue weighted by molar-refractivity contribution is -0.0000588. The van der Waals surface area contributed by atoms with E-state index in [0.29, 0.717) is 18.7 Å². The van der Waals surface area contributed by atoms with E-state index in [2.05, 4.69) is 16.3 Å². The van der Waals surface area contributed by atoms with Crippen molar-refractivity contribution in [3.8, 4) is 5.75 Å². The first-order valence-electron chi connectivity index (χ1n) is 10.8. The van der Waals surface area contributed by atoms with Gasteiger partial charge in [0.25, 0.3) is 0 Å². The van der Waals surface area contributed by atoms with Crippen LogP contribution in [0.2, 0.25) is 0 Å². The van der Waals surface area contributed by atoms with Crippen molar-refractivity contribution in [2.24, 2.45) is 10.7 Å². The van der Waals surface area contributed by atoms with Gasteiger partial charge in [-0.25, -0.2) is 0 Å². The second-order valence-corrected chi connectivity index (χ2v) is 8.43. The molecule has 0 spiro atoms. The monoisotopic (exact) mass is 386 g/mol. The molecule has 2 aliphatic heterocycles. The Kier molecular flexibility index (Phi) is 6.07. The van der Waals surface area contributed by atoms with Gasteiger partial charge in [-0.2, -0.15) is 0 Å². The number of nitrogens with zero attached hydrogens (tertiary/aromatic N) is 2. The first-order valence-corrected chi connectivity index (χ1v) is 10.8. The van der Waals surface area contributed by atoms with E-state index >= 15 is 0 Å². The maximum atomic E-state index is 6.33. The molecule has 154 valence electrons. The fourth-order valence-corrected chi connectivity index (χ4v) is 5.12. The summed E-state index contributed by atoms with van der Waals surface area (Å²) in [5, 5.41) is 3.44. The Bertz CT molecular complexity index is 679. The van der Waals surface area contributed by atoms with Crippen molar-refractivity contribution in [3.63, 3.8) is 0 Å². The molecule has 0 aromatic heterocycles. The minimum absolute atomic E-state index is 0.172. The summed E-state index contributed by atoms with van der Waals surface area (Å²) < 4.78 is 11.3. The fraction of sp³-hybridized carbons (Fsp3) is 0.682. The lowest BCUT2D eigenvalue weighted by Gasteiger charge is -2.44. The average Bonchev–Trinajstić information content (AvgIpc) is 3.23. The third-order valence-corrected chi connectivity index (χ3v) is 6.80. The van der Waals surface area contributed by atoms with Crippen LogP contribution in [0.3, 0.4) is 0 Å². The highest BCUT2D eigenvalue weighted by atomic mass is 16.5. The van der Waals surface area contributed by atoms with Crippen LogP contribution in [-0.2, 0) is 4.74 Å². The van der Waals surface area contributed by atoms with E-state index in [9.17, 15) is 0 Å². The summed E-state index contributed by atoms with van der Waals surface area (Å²) in [5.41, 5.74) is 7.68. The van der Waals surface area contributed by atoms with E-state index in [1.807, 2.05) is 25.3 Å². The number of aliphatic imine (C=N–C) groups is 1. The van der Waals surface area contributed by atoms with Crippen LogP contribution in [0, 0.1) is 0 Å². The maximum absolute atomic E-state index is 6.33. The summed E-state index contributed by atoms with van der Waals surface area (Å²) in [6, 6.07) is 8.36. The molecule has 2 heterocycles. The Morgan fingerprint density at radius 2 is 2.00 bits per heavy atom. The molecule has 0 amide bonds. The molecule has 6 heteroatoms. The molecule has 1 aromatic rings. The number of guanidine groups is 1. The molecule has 0 radical (unpaired) electrons. The van der Waals surface area contributed by atoms with E-state index in [4.69, 9.17) is 20.2 Å². The van der Waals surface area contributed by atoms with E-state index in [-0.39, 0.29) is 11.6 Å². The quantitative estimate of drug-likeness (QED) is 0.601. The second kappa shape index (κ2) is 8.70. The van der Waals surface area contributed by atoms with E-state index in [1.165, 1.54) is 31.2 Å². The molecule has 4 rings (SSSR count). The number of nitrogens with one attached hydrogen (secondary N) is 1. The molecule has 3 N–H and O–H groups in total. The van der Waals surface area contributed by atoms with Crippen LogP contribution < -0.4 is 15.8 Å². The van der Waals surface area contributed by atoms with Crippen molar-refractivity contribution >= 4 is 5.96 Å². The number of hydrogen-bond donors (Lipinski definition) is 2. The van der Waals surface area contributed by atoms with E-state index in [0.717, 1.165) is 44.6 Å². The number of nitrogens with two attached hydrogens (primary N) is 1. The predicted octanol–water partition coefficient (Wildman–Crippen LogP) is 2.84. The number of para-hydroxylation sites is 1. The smallest absolute Gasteiger partial charge is 0.189 e. The van der Waals surface area contributed by atoms with Crippen LogP contribution in [0.5, 0.6) is 5.75 Å². The Morgan fingerprint density at radius 1 is 1.25 bits per heavy atom. The molecule has 1 aromatic carbocycles. The van der Waals surface area contributed by atoms with Crippen LogP contribution >= 0.6 is 0 Å². The van der Waals surface area contributed by atoms with Gasteiger partial charge >= 0.3 is 0 Å². The first kappa shape index (κ1) is 19.5. The van der Waals surface area contributed by atoms with E-state index in [1.54, 1.807) is 0 Å². The minimum Gasteiger partial charge on any atom is -0.493 e. The number of piperidine rings is 1. The normalized spacial score (nSPS) is 25.9. The van der Waals surface area contributed by atoms with E-state index < -0.39 is 0 Å². The molecular weight excluding hydrogens is 352 g/mol. The van der Waals surface area contributed by atoms with Crippen molar-refractivity contribution in [1.29, 1.82) is 0 Å². The molecule has 1 saturated heterocycles. The molecule has 1 aliphatic carbocycles. The lowest BCUT2D eigenvalue weighted by atomic mass is 9.91. The summed E-state index contributed by atoms with van der Waals surface area (Å²) in [7, 11) is 1.83. The molecule has 2 fully saturated rings. The number of likely N-dealkylation sites (tertiary alicyclic amines) is 1. The number of rotatable bonds is 5. The molecule has 28 heavy (non-hydrogen) atoms. The average molecular weight is 387 g/mol. The second-order valence-electron chi connectivity index (χ2n) is 8.43. The topological polar surface area (TPSA) is 72.1 Å². The fourth-order valence-electron chi connectivity index (χ4n) is 5.12. The zero-order valence-electron chi connectivity index (χ0n) is 17.0. The lowest BCUT2D eigenvalue weighted by Crippen LogP contribution is -2.53. The SMILES string of the molecule is COC1CCN(C2(CN=C(N)NC3CCOc4ccccc43)CCCC2)CC1. The number of fused-ring (bicyclic) bond motifs is 1. The molecule has 1 atom stereocenters. The van der Waals surface area contributed by atoms with Gasteiger partial charge in [-0.15, -0.1) is 0 Å². The van der Waals surface area contributed by atoms with Crippen LogP contribution in [0.4, 0.5) is 0 Å². The molecular formula is C22H34N4O2. The van der Waals surface area contributed by atoms with Crippen molar-refractivity contribution in [1.82, 2.24) is 10.2 Å². The highest BCUT2D eigenvalue weighted by Crippen LogP contribution is 2.37. The van der Waals surface area contributed by atoms with Gasteiger partial charge < -0.3 is 20.5 Å². The van der Waals surface area contributed by atoms with Gasteiger partial charge in [0.1, 0.15) is 5.75 Å². The van der Waals surface area contributed by atoms with Gasteiger partial charge in [-0.1, -0.05) is 31.0 Å². The van der Waals surface area contributed by atoms with Crippen LogP contribution in [0.25, 0.3) is 0 Å². The number of hydrogen-bond acceptors (Lipinski definition) is 4. The van der Waals surface area contributed by atoms with Crippen molar-refractivity contribution in [2.45, 2.75) is 62.6 Å². The zero-order chi connectivity index (χ0) is 19.4. The number of benzene rings is 1. The van der Waals surface area contributed by atoms with Crippen LogP contribution in [0.15, 0.2) is 29.3 Å². The van der Waals surface area contributed by atoms with Gasteiger partial charge in [-0.3, -0.25) is 9.89 Å².